The Morgan fingerprint density at radius 3 is 2.03 bits per heavy atom. The van der Waals surface area contributed by atoms with Gasteiger partial charge in [-0.1, -0.05) is 48.5 Å². The van der Waals surface area contributed by atoms with Crippen molar-refractivity contribution in [1.82, 2.24) is 20.0 Å². The number of urea groups is 1. The summed E-state index contributed by atoms with van der Waals surface area (Å²) in [5, 5.41) is 3.12. The molecule has 2 aliphatic heterocycles. The third kappa shape index (κ3) is 6.45. The molecule has 0 aliphatic carbocycles. The number of nitrogens with one attached hydrogen (secondary N) is 1. The molecule has 6 nitrogen and oxygen atoms in total. The van der Waals surface area contributed by atoms with E-state index in [4.69, 9.17) is 0 Å². The van der Waals surface area contributed by atoms with Crippen LogP contribution in [0, 0.1) is 0 Å². The fourth-order valence-electron chi connectivity index (χ4n) is 4.43. The van der Waals surface area contributed by atoms with E-state index >= 15 is 0 Å². The van der Waals surface area contributed by atoms with Crippen LogP contribution in [0.3, 0.4) is 0 Å². The van der Waals surface area contributed by atoms with Gasteiger partial charge in [-0.3, -0.25) is 4.90 Å². The highest BCUT2D eigenvalue weighted by atomic mass is 16.2. The first kappa shape index (κ1) is 21.7. The largest absolute Gasteiger partial charge is 0.368 e. The van der Waals surface area contributed by atoms with Crippen LogP contribution in [0.25, 0.3) is 0 Å². The molecule has 0 radical (unpaired) electrons. The average Bonchev–Trinajstić information content (AvgIpc) is 2.84. The third-order valence-corrected chi connectivity index (χ3v) is 6.33. The summed E-state index contributed by atoms with van der Waals surface area (Å²) in [6.45, 7) is 10.7. The molecular weight excluding hydrogens is 386 g/mol. The molecule has 0 atom stereocenters. The Hall–Kier alpha value is -2.57. The zero-order valence-corrected chi connectivity index (χ0v) is 18.5. The Morgan fingerprint density at radius 2 is 1.35 bits per heavy atom. The predicted octanol–water partition coefficient (Wildman–Crippen LogP) is 2.73. The van der Waals surface area contributed by atoms with Gasteiger partial charge in [-0.15, -0.1) is 0 Å². The van der Waals surface area contributed by atoms with Gasteiger partial charge < -0.3 is 20.0 Å². The summed E-state index contributed by atoms with van der Waals surface area (Å²) in [6, 6.07) is 21.2. The minimum atomic E-state index is 0.0837. The van der Waals surface area contributed by atoms with E-state index in [0.717, 1.165) is 78.4 Å². The summed E-state index contributed by atoms with van der Waals surface area (Å²) >= 11 is 0. The second-order valence-corrected chi connectivity index (χ2v) is 8.50. The number of hydrogen-bond donors (Lipinski definition) is 1. The van der Waals surface area contributed by atoms with E-state index in [2.05, 4.69) is 74.6 Å². The number of piperazine rings is 2. The number of amides is 2. The van der Waals surface area contributed by atoms with Gasteiger partial charge in [0.2, 0.25) is 0 Å². The summed E-state index contributed by atoms with van der Waals surface area (Å²) in [7, 11) is 0. The van der Waals surface area contributed by atoms with Crippen molar-refractivity contribution in [1.29, 1.82) is 0 Å². The number of nitrogens with zero attached hydrogens (tertiary/aromatic N) is 4. The van der Waals surface area contributed by atoms with Crippen molar-refractivity contribution in [2.75, 3.05) is 70.3 Å². The molecule has 0 aromatic heterocycles. The van der Waals surface area contributed by atoms with E-state index in [0.29, 0.717) is 0 Å². The van der Waals surface area contributed by atoms with Crippen LogP contribution in [-0.2, 0) is 6.54 Å². The van der Waals surface area contributed by atoms with E-state index in [1.165, 1.54) is 11.3 Å². The van der Waals surface area contributed by atoms with Crippen LogP contribution in [0.1, 0.15) is 12.0 Å². The molecule has 31 heavy (non-hydrogen) atoms. The number of para-hydroxylation sites is 1. The van der Waals surface area contributed by atoms with Crippen LogP contribution in [0.2, 0.25) is 0 Å². The molecule has 0 spiro atoms. The van der Waals surface area contributed by atoms with Crippen LogP contribution in [-0.4, -0.2) is 86.2 Å². The number of rotatable bonds is 7. The molecule has 2 amide bonds. The van der Waals surface area contributed by atoms with Crippen LogP contribution >= 0.6 is 0 Å². The summed E-state index contributed by atoms with van der Waals surface area (Å²) in [4.78, 5) is 21.8. The molecule has 2 saturated heterocycles. The number of anilines is 1. The second-order valence-electron chi connectivity index (χ2n) is 8.50. The van der Waals surface area contributed by atoms with Crippen LogP contribution in [0.4, 0.5) is 10.5 Å². The van der Waals surface area contributed by atoms with Gasteiger partial charge in [-0.2, -0.15) is 0 Å². The lowest BCUT2D eigenvalue weighted by Crippen LogP contribution is -2.52. The maximum Gasteiger partial charge on any atom is 0.317 e. The van der Waals surface area contributed by atoms with Crippen LogP contribution in [0.15, 0.2) is 60.7 Å². The molecule has 0 saturated carbocycles. The minimum Gasteiger partial charge on any atom is -0.368 e. The van der Waals surface area contributed by atoms with Crippen molar-refractivity contribution in [2.24, 2.45) is 0 Å². The van der Waals surface area contributed by atoms with Crippen molar-refractivity contribution < 1.29 is 4.79 Å². The maximum atomic E-state index is 12.5. The van der Waals surface area contributed by atoms with Gasteiger partial charge in [-0.05, 0) is 30.7 Å². The SMILES string of the molecule is O=C(NCCCN1CCN(Cc2ccccc2)CC1)N1CCN(c2ccccc2)CC1. The molecule has 166 valence electrons. The number of hydrogen-bond acceptors (Lipinski definition) is 4. The first-order valence-electron chi connectivity index (χ1n) is 11.6. The van der Waals surface area contributed by atoms with Gasteiger partial charge in [0, 0.05) is 71.1 Å². The quantitative estimate of drug-likeness (QED) is 0.698. The first-order chi connectivity index (χ1) is 15.3. The van der Waals surface area contributed by atoms with Gasteiger partial charge in [0.1, 0.15) is 0 Å². The van der Waals surface area contributed by atoms with Gasteiger partial charge >= 0.3 is 6.03 Å². The topological polar surface area (TPSA) is 42.1 Å². The number of carbonyl (C=O) groups is 1. The molecule has 1 N–H and O–H groups in total. The molecule has 0 unspecified atom stereocenters. The molecule has 6 heteroatoms. The lowest BCUT2D eigenvalue weighted by molar-refractivity contribution is 0.126. The fourth-order valence-corrected chi connectivity index (χ4v) is 4.43. The van der Waals surface area contributed by atoms with Gasteiger partial charge in [0.15, 0.2) is 0 Å². The molecule has 2 heterocycles. The molecular formula is C25H35N5O. The summed E-state index contributed by atoms with van der Waals surface area (Å²) in [5.74, 6) is 0. The normalized spacial score (nSPS) is 18.2. The zero-order valence-electron chi connectivity index (χ0n) is 18.5. The number of benzene rings is 2. The van der Waals surface area contributed by atoms with Crippen molar-refractivity contribution in [3.05, 3.63) is 66.2 Å². The molecule has 2 aromatic carbocycles. The van der Waals surface area contributed by atoms with Gasteiger partial charge in [-0.25, -0.2) is 4.79 Å². The Labute approximate surface area is 186 Å². The lowest BCUT2D eigenvalue weighted by atomic mass is 10.2. The Kier molecular flexibility index (Phi) is 7.80. The van der Waals surface area contributed by atoms with Crippen molar-refractivity contribution >= 4 is 11.7 Å². The van der Waals surface area contributed by atoms with Crippen molar-refractivity contribution in [3.63, 3.8) is 0 Å². The Bertz CT molecular complexity index is 784. The van der Waals surface area contributed by atoms with Crippen molar-refractivity contribution in [3.8, 4) is 0 Å². The standard InChI is InChI=1S/C25H35N5O/c31-25(30-20-18-29(19-21-30)24-10-5-2-6-11-24)26-12-7-13-27-14-16-28(17-15-27)22-23-8-3-1-4-9-23/h1-6,8-11H,7,12-22H2,(H,26,31). The fraction of sp³-hybridized carbons (Fsp3) is 0.480. The minimum absolute atomic E-state index is 0.0837. The highest BCUT2D eigenvalue weighted by Gasteiger charge is 2.21. The zero-order chi connectivity index (χ0) is 21.3. The molecule has 4 rings (SSSR count). The van der Waals surface area contributed by atoms with E-state index in [-0.39, 0.29) is 6.03 Å². The second kappa shape index (κ2) is 11.2. The van der Waals surface area contributed by atoms with Gasteiger partial charge in [0.25, 0.3) is 0 Å². The molecule has 0 bridgehead atoms. The third-order valence-electron chi connectivity index (χ3n) is 6.33. The highest BCUT2D eigenvalue weighted by molar-refractivity contribution is 5.74. The highest BCUT2D eigenvalue weighted by Crippen LogP contribution is 2.15. The first-order valence-corrected chi connectivity index (χ1v) is 11.6. The summed E-state index contributed by atoms with van der Waals surface area (Å²) in [5.41, 5.74) is 2.63. The van der Waals surface area contributed by atoms with Gasteiger partial charge in [0.05, 0.1) is 0 Å². The smallest absolute Gasteiger partial charge is 0.317 e. The number of carbonyl (C=O) groups excluding carboxylic acids is 1. The van der Waals surface area contributed by atoms with Crippen LogP contribution < -0.4 is 10.2 Å². The summed E-state index contributed by atoms with van der Waals surface area (Å²) < 4.78 is 0. The van der Waals surface area contributed by atoms with Crippen molar-refractivity contribution in [2.45, 2.75) is 13.0 Å². The Balaban J connectivity index is 1.07. The van der Waals surface area contributed by atoms with E-state index < -0.39 is 0 Å². The Morgan fingerprint density at radius 1 is 0.742 bits per heavy atom. The van der Waals surface area contributed by atoms with Crippen LogP contribution in [0.5, 0.6) is 0 Å². The molecule has 2 aromatic rings. The van der Waals surface area contributed by atoms with E-state index in [9.17, 15) is 4.79 Å². The molecule has 2 aliphatic rings. The van der Waals surface area contributed by atoms with E-state index in [1.54, 1.807) is 0 Å². The predicted molar refractivity (Wildman–Crippen MR) is 126 cm³/mol. The lowest BCUT2D eigenvalue weighted by Gasteiger charge is -2.36. The monoisotopic (exact) mass is 421 g/mol. The maximum absolute atomic E-state index is 12.5. The average molecular weight is 422 g/mol. The van der Waals surface area contributed by atoms with E-state index in [1.807, 2.05) is 11.0 Å². The molecule has 2 fully saturated rings. The summed E-state index contributed by atoms with van der Waals surface area (Å²) in [6.07, 6.45) is 1.01.